The number of hydrogen-bond donors (Lipinski definition) is 2. The van der Waals surface area contributed by atoms with Crippen LogP contribution in [0.4, 0.5) is 0 Å². The summed E-state index contributed by atoms with van der Waals surface area (Å²) >= 11 is 0. The van der Waals surface area contributed by atoms with Gasteiger partial charge in [-0.1, -0.05) is 49.4 Å². The number of hydrogen-bond acceptors (Lipinski definition) is 3. The van der Waals surface area contributed by atoms with Crippen LogP contribution in [0.25, 0.3) is 0 Å². The fourth-order valence-electron chi connectivity index (χ4n) is 2.89. The minimum atomic E-state index is -3.14. The molecule has 0 aliphatic carbocycles. The Kier molecular flexibility index (Phi) is 8.51. The molecule has 0 aliphatic heterocycles. The van der Waals surface area contributed by atoms with E-state index in [0.717, 1.165) is 44.0 Å². The maximum absolute atomic E-state index is 11.5. The summed E-state index contributed by atoms with van der Waals surface area (Å²) in [5.74, 6) is 1.29. The van der Waals surface area contributed by atoms with Gasteiger partial charge in [0.05, 0.1) is 4.90 Å². The predicted octanol–water partition coefficient (Wildman–Crippen LogP) is 3.38. The summed E-state index contributed by atoms with van der Waals surface area (Å²) in [5.41, 5.74) is 2.43. The molecule has 0 aliphatic rings. The van der Waals surface area contributed by atoms with Crippen molar-refractivity contribution in [2.75, 3.05) is 25.9 Å². The summed E-state index contributed by atoms with van der Waals surface area (Å²) < 4.78 is 23.0. The van der Waals surface area contributed by atoms with Gasteiger partial charge in [0, 0.05) is 25.9 Å². The van der Waals surface area contributed by atoms with E-state index in [-0.39, 0.29) is 0 Å². The highest BCUT2D eigenvalue weighted by Gasteiger charge is 2.07. The second kappa shape index (κ2) is 10.9. The average Bonchev–Trinajstić information content (AvgIpc) is 2.68. The minimum absolute atomic E-state index is 0.353. The molecule has 0 fully saturated rings. The van der Waals surface area contributed by atoms with Gasteiger partial charge >= 0.3 is 0 Å². The van der Waals surface area contributed by atoms with E-state index in [1.165, 1.54) is 11.8 Å². The highest BCUT2D eigenvalue weighted by molar-refractivity contribution is 7.90. The molecular weight excluding hydrogens is 370 g/mol. The molecule has 2 rings (SSSR count). The van der Waals surface area contributed by atoms with Crippen molar-refractivity contribution in [2.45, 2.75) is 37.5 Å². The van der Waals surface area contributed by atoms with E-state index < -0.39 is 9.84 Å². The van der Waals surface area contributed by atoms with Crippen LogP contribution in [-0.2, 0) is 16.3 Å². The molecule has 2 N–H and O–H groups in total. The summed E-state index contributed by atoms with van der Waals surface area (Å²) in [7, 11) is -3.14. The van der Waals surface area contributed by atoms with Gasteiger partial charge in [-0.05, 0) is 48.9 Å². The quantitative estimate of drug-likeness (QED) is 0.499. The Bertz CT molecular complexity index is 847. The normalized spacial score (nSPS) is 13.2. The zero-order valence-corrected chi connectivity index (χ0v) is 17.8. The van der Waals surface area contributed by atoms with Crippen molar-refractivity contribution in [3.05, 3.63) is 65.7 Å². The van der Waals surface area contributed by atoms with Crippen molar-refractivity contribution in [2.24, 2.45) is 4.99 Å². The summed E-state index contributed by atoms with van der Waals surface area (Å²) in [5, 5.41) is 6.62. The van der Waals surface area contributed by atoms with E-state index in [4.69, 9.17) is 0 Å². The lowest BCUT2D eigenvalue weighted by atomic mass is 9.98. The summed E-state index contributed by atoms with van der Waals surface area (Å²) in [6.45, 7) is 6.58. The van der Waals surface area contributed by atoms with Gasteiger partial charge in [0.25, 0.3) is 0 Å². The Morgan fingerprint density at radius 3 is 2.32 bits per heavy atom. The first-order chi connectivity index (χ1) is 13.4. The Balaban J connectivity index is 1.82. The molecule has 28 heavy (non-hydrogen) atoms. The third-order valence-electron chi connectivity index (χ3n) is 4.60. The van der Waals surface area contributed by atoms with Gasteiger partial charge in [0.2, 0.25) is 0 Å². The summed E-state index contributed by atoms with van der Waals surface area (Å²) in [6, 6.07) is 17.6. The first-order valence-electron chi connectivity index (χ1n) is 9.76. The molecule has 2 aromatic rings. The van der Waals surface area contributed by atoms with E-state index in [2.05, 4.69) is 46.8 Å². The third kappa shape index (κ3) is 7.35. The van der Waals surface area contributed by atoms with Crippen molar-refractivity contribution < 1.29 is 8.42 Å². The van der Waals surface area contributed by atoms with Crippen LogP contribution in [0.2, 0.25) is 0 Å². The summed E-state index contributed by atoms with van der Waals surface area (Å²) in [4.78, 5) is 5.03. The van der Waals surface area contributed by atoms with Crippen LogP contribution in [0.5, 0.6) is 0 Å². The van der Waals surface area contributed by atoms with Crippen molar-refractivity contribution >= 4 is 15.8 Å². The maximum atomic E-state index is 11.5. The maximum Gasteiger partial charge on any atom is 0.191 e. The van der Waals surface area contributed by atoms with Crippen molar-refractivity contribution in [3.63, 3.8) is 0 Å². The monoisotopic (exact) mass is 401 g/mol. The van der Waals surface area contributed by atoms with Crippen molar-refractivity contribution in [1.29, 1.82) is 0 Å². The van der Waals surface area contributed by atoms with E-state index in [1.54, 1.807) is 12.1 Å². The fourth-order valence-corrected chi connectivity index (χ4v) is 3.52. The van der Waals surface area contributed by atoms with Gasteiger partial charge in [-0.15, -0.1) is 0 Å². The standard InChI is InChI=1S/C22H31N3O2S/c1-4-23-22(24-16-14-18(2)20-8-6-5-7-9-20)25-17-15-19-10-12-21(13-11-19)28(3,26)27/h5-13,18H,4,14-17H2,1-3H3,(H2,23,24,25). The predicted molar refractivity (Wildman–Crippen MR) is 117 cm³/mol. The lowest BCUT2D eigenvalue weighted by molar-refractivity contribution is 0.602. The van der Waals surface area contributed by atoms with Gasteiger partial charge in [-0.25, -0.2) is 8.42 Å². The Morgan fingerprint density at radius 1 is 1.04 bits per heavy atom. The number of rotatable bonds is 9. The van der Waals surface area contributed by atoms with Crippen molar-refractivity contribution in [1.82, 2.24) is 10.6 Å². The van der Waals surface area contributed by atoms with Crippen molar-refractivity contribution in [3.8, 4) is 0 Å². The molecule has 0 heterocycles. The van der Waals surface area contributed by atoms with Gasteiger partial charge in [0.15, 0.2) is 15.8 Å². The number of nitrogens with zero attached hydrogens (tertiary/aromatic N) is 1. The fraction of sp³-hybridized carbons (Fsp3) is 0.409. The molecule has 2 aromatic carbocycles. The van der Waals surface area contributed by atoms with Crippen LogP contribution in [0.3, 0.4) is 0 Å². The Morgan fingerprint density at radius 2 is 1.71 bits per heavy atom. The molecule has 0 bridgehead atoms. The van der Waals surface area contributed by atoms with Crippen LogP contribution < -0.4 is 10.6 Å². The lowest BCUT2D eigenvalue weighted by Crippen LogP contribution is -2.38. The summed E-state index contributed by atoms with van der Waals surface area (Å²) in [6.07, 6.45) is 3.02. The highest BCUT2D eigenvalue weighted by Crippen LogP contribution is 2.18. The largest absolute Gasteiger partial charge is 0.357 e. The SMILES string of the molecule is CCNC(=NCCC(C)c1ccccc1)NCCc1ccc(S(C)(=O)=O)cc1. The Labute approximate surface area is 169 Å². The molecule has 0 radical (unpaired) electrons. The lowest BCUT2D eigenvalue weighted by Gasteiger charge is -2.13. The number of guanidine groups is 1. The molecule has 1 atom stereocenters. The zero-order chi connectivity index (χ0) is 20.4. The van der Waals surface area contributed by atoms with Crippen LogP contribution >= 0.6 is 0 Å². The van der Waals surface area contributed by atoms with E-state index >= 15 is 0 Å². The topological polar surface area (TPSA) is 70.6 Å². The number of sulfone groups is 1. The average molecular weight is 402 g/mol. The molecule has 0 amide bonds. The molecule has 152 valence electrons. The molecule has 5 nitrogen and oxygen atoms in total. The van der Waals surface area contributed by atoms with E-state index in [0.29, 0.717) is 10.8 Å². The molecular formula is C22H31N3O2S. The number of aliphatic imine (C=N–C) groups is 1. The first-order valence-corrected chi connectivity index (χ1v) is 11.7. The van der Waals surface area contributed by atoms with Gasteiger partial charge in [0.1, 0.15) is 0 Å². The van der Waals surface area contributed by atoms with Gasteiger partial charge in [-0.2, -0.15) is 0 Å². The third-order valence-corrected chi connectivity index (χ3v) is 5.73. The zero-order valence-electron chi connectivity index (χ0n) is 17.0. The molecule has 0 spiro atoms. The first kappa shape index (κ1) is 22.0. The number of nitrogens with one attached hydrogen (secondary N) is 2. The van der Waals surface area contributed by atoms with Crippen LogP contribution in [0.15, 0.2) is 64.5 Å². The number of benzene rings is 2. The van der Waals surface area contributed by atoms with Crippen LogP contribution in [-0.4, -0.2) is 40.3 Å². The van der Waals surface area contributed by atoms with Gasteiger partial charge in [-0.3, -0.25) is 4.99 Å². The van der Waals surface area contributed by atoms with Crippen LogP contribution in [0, 0.1) is 0 Å². The Hall–Kier alpha value is -2.34. The smallest absolute Gasteiger partial charge is 0.191 e. The second-order valence-corrected chi connectivity index (χ2v) is 8.97. The molecule has 0 aromatic heterocycles. The minimum Gasteiger partial charge on any atom is -0.357 e. The van der Waals surface area contributed by atoms with E-state index in [1.807, 2.05) is 25.1 Å². The second-order valence-electron chi connectivity index (χ2n) is 6.95. The highest BCUT2D eigenvalue weighted by atomic mass is 32.2. The van der Waals surface area contributed by atoms with E-state index in [9.17, 15) is 8.42 Å². The molecule has 0 saturated heterocycles. The molecule has 0 saturated carbocycles. The van der Waals surface area contributed by atoms with Gasteiger partial charge < -0.3 is 10.6 Å². The molecule has 6 heteroatoms. The van der Waals surface area contributed by atoms with Crippen LogP contribution in [0.1, 0.15) is 37.3 Å². The molecule has 1 unspecified atom stereocenters.